The Kier molecular flexibility index (Phi) is 5.12. The maximum absolute atomic E-state index is 2.63. The van der Waals surface area contributed by atoms with Gasteiger partial charge in [-0.2, -0.15) is 0 Å². The molecule has 0 nitrogen and oxygen atoms in total. The zero-order chi connectivity index (χ0) is 20.7. The SMILES string of the molecule is CCC1=Cc2c(-c3cccc4ccccc34)cccc2[CH]1[Zr]([CH3])([CH3])[c]1ccccc1. The standard InChI is InChI=1S/C21H17.C6H5.2CH3.Zr/c1-2-15-13-17-9-6-12-20(21(17)14-15)19-11-5-8-16-7-3-4-10-18(16)19;1-2-4-6-5-3-1;;;/h3-14H,2H2,1H3;1-5H;2*1H3;. The number of rotatable bonds is 4. The summed E-state index contributed by atoms with van der Waals surface area (Å²) in [6.45, 7) is 2.33. The van der Waals surface area contributed by atoms with E-state index in [4.69, 9.17) is 0 Å². The minimum atomic E-state index is -2.63. The van der Waals surface area contributed by atoms with Gasteiger partial charge in [0.1, 0.15) is 0 Å². The van der Waals surface area contributed by atoms with Gasteiger partial charge in [0, 0.05) is 0 Å². The molecule has 4 aromatic carbocycles. The van der Waals surface area contributed by atoms with Crippen molar-refractivity contribution in [2.75, 3.05) is 0 Å². The van der Waals surface area contributed by atoms with E-state index >= 15 is 0 Å². The normalized spacial score (nSPS) is 15.8. The Morgan fingerprint density at radius 2 is 1.37 bits per heavy atom. The summed E-state index contributed by atoms with van der Waals surface area (Å²) >= 11 is -2.63. The van der Waals surface area contributed by atoms with Crippen LogP contribution in [0.5, 0.6) is 0 Å². The predicted octanol–water partition coefficient (Wildman–Crippen LogP) is 7.93. The Labute approximate surface area is 184 Å². The minimum absolute atomic E-state index is 0.608. The molecule has 1 heteroatoms. The molecular formula is C29H28Zr. The maximum atomic E-state index is 2.61. The monoisotopic (exact) mass is 466 g/mol. The molecule has 0 heterocycles. The summed E-state index contributed by atoms with van der Waals surface area (Å²) < 4.78 is 7.44. The average Bonchev–Trinajstić information content (AvgIpc) is 3.19. The van der Waals surface area contributed by atoms with Gasteiger partial charge in [0.05, 0.1) is 0 Å². The van der Waals surface area contributed by atoms with Gasteiger partial charge < -0.3 is 0 Å². The van der Waals surface area contributed by atoms with E-state index in [0.717, 1.165) is 6.42 Å². The molecule has 0 fully saturated rings. The Hall–Kier alpha value is -2.24. The Bertz CT molecular complexity index is 1240. The van der Waals surface area contributed by atoms with E-state index in [9.17, 15) is 0 Å². The fraction of sp³-hybridized carbons (Fsp3) is 0.172. The molecule has 0 spiro atoms. The molecule has 1 aliphatic carbocycles. The molecule has 0 saturated carbocycles. The molecule has 0 bridgehead atoms. The van der Waals surface area contributed by atoms with Crippen LogP contribution in [-0.2, 0) is 20.3 Å². The number of fused-ring (bicyclic) bond motifs is 2. The van der Waals surface area contributed by atoms with Crippen LogP contribution in [0.3, 0.4) is 0 Å². The first-order valence-electron chi connectivity index (χ1n) is 11.0. The Balaban J connectivity index is 1.72. The fourth-order valence-corrected chi connectivity index (χ4v) is 14.3. The van der Waals surface area contributed by atoms with Crippen LogP contribution in [-0.4, -0.2) is 0 Å². The van der Waals surface area contributed by atoms with Gasteiger partial charge in [-0.25, -0.2) is 0 Å². The van der Waals surface area contributed by atoms with Gasteiger partial charge >= 0.3 is 185 Å². The van der Waals surface area contributed by atoms with Crippen molar-refractivity contribution in [3.8, 4) is 11.1 Å². The van der Waals surface area contributed by atoms with E-state index in [0.29, 0.717) is 3.63 Å². The molecular weight excluding hydrogens is 440 g/mol. The summed E-state index contributed by atoms with van der Waals surface area (Å²) in [6.07, 6.45) is 3.65. The van der Waals surface area contributed by atoms with Gasteiger partial charge in [-0.1, -0.05) is 0 Å². The van der Waals surface area contributed by atoms with E-state index in [1.54, 1.807) is 14.4 Å². The van der Waals surface area contributed by atoms with Crippen molar-refractivity contribution in [2.24, 2.45) is 0 Å². The van der Waals surface area contributed by atoms with Crippen molar-refractivity contribution in [3.05, 3.63) is 108 Å². The first-order valence-corrected chi connectivity index (χ1v) is 18.5. The van der Waals surface area contributed by atoms with Crippen molar-refractivity contribution in [1.29, 1.82) is 0 Å². The third-order valence-electron chi connectivity index (χ3n) is 6.88. The van der Waals surface area contributed by atoms with Gasteiger partial charge in [0.2, 0.25) is 0 Å². The van der Waals surface area contributed by atoms with E-state index in [2.05, 4.69) is 113 Å². The molecule has 1 aliphatic rings. The van der Waals surface area contributed by atoms with Gasteiger partial charge in [0.25, 0.3) is 0 Å². The van der Waals surface area contributed by atoms with Crippen molar-refractivity contribution >= 4 is 20.1 Å². The first kappa shape index (κ1) is 19.7. The second-order valence-electron chi connectivity index (χ2n) is 8.93. The summed E-state index contributed by atoms with van der Waals surface area (Å²) in [5.41, 5.74) is 7.37. The molecule has 0 radical (unpaired) electrons. The predicted molar refractivity (Wildman–Crippen MR) is 128 cm³/mol. The molecule has 0 aromatic heterocycles. The number of hydrogen-bond donors (Lipinski definition) is 0. The summed E-state index contributed by atoms with van der Waals surface area (Å²) in [5, 5.41) is 2.65. The van der Waals surface area contributed by atoms with E-state index in [1.807, 2.05) is 0 Å². The summed E-state index contributed by atoms with van der Waals surface area (Å²) in [5.74, 6) is 0. The average molecular weight is 468 g/mol. The molecule has 0 amide bonds. The summed E-state index contributed by atoms with van der Waals surface area (Å²) in [4.78, 5) is 0. The summed E-state index contributed by atoms with van der Waals surface area (Å²) in [6, 6.07) is 33.8. The second kappa shape index (κ2) is 7.79. The molecule has 0 saturated heterocycles. The van der Waals surface area contributed by atoms with Crippen LogP contribution in [0.2, 0.25) is 9.26 Å². The molecule has 0 N–H and O–H groups in total. The van der Waals surface area contributed by atoms with Crippen LogP contribution in [0.25, 0.3) is 28.0 Å². The third-order valence-corrected chi connectivity index (χ3v) is 16.6. The fourth-order valence-electron chi connectivity index (χ4n) is 5.35. The topological polar surface area (TPSA) is 0 Å². The molecule has 1 atom stereocenters. The Morgan fingerprint density at radius 3 is 2.17 bits per heavy atom. The van der Waals surface area contributed by atoms with Crippen LogP contribution in [0.1, 0.15) is 28.1 Å². The van der Waals surface area contributed by atoms with Gasteiger partial charge in [-0.15, -0.1) is 0 Å². The summed E-state index contributed by atoms with van der Waals surface area (Å²) in [7, 11) is 0. The van der Waals surface area contributed by atoms with Crippen LogP contribution >= 0.6 is 0 Å². The third kappa shape index (κ3) is 3.15. The van der Waals surface area contributed by atoms with Crippen LogP contribution in [0.15, 0.2) is 96.6 Å². The molecule has 148 valence electrons. The van der Waals surface area contributed by atoms with E-state index in [1.165, 1.54) is 27.5 Å². The van der Waals surface area contributed by atoms with Crippen molar-refractivity contribution in [2.45, 2.75) is 26.2 Å². The van der Waals surface area contributed by atoms with E-state index < -0.39 is 20.3 Å². The van der Waals surface area contributed by atoms with Crippen LogP contribution in [0.4, 0.5) is 0 Å². The zero-order valence-corrected chi connectivity index (χ0v) is 20.5. The molecule has 1 unspecified atom stereocenters. The molecule has 5 rings (SSSR count). The molecule has 30 heavy (non-hydrogen) atoms. The van der Waals surface area contributed by atoms with Gasteiger partial charge in [-0.05, 0) is 0 Å². The molecule has 0 aliphatic heterocycles. The van der Waals surface area contributed by atoms with Gasteiger partial charge in [0.15, 0.2) is 0 Å². The number of allylic oxidation sites excluding steroid dienone is 1. The van der Waals surface area contributed by atoms with Crippen molar-refractivity contribution in [3.63, 3.8) is 0 Å². The van der Waals surface area contributed by atoms with Crippen LogP contribution < -0.4 is 3.27 Å². The van der Waals surface area contributed by atoms with Crippen molar-refractivity contribution in [1.82, 2.24) is 0 Å². The van der Waals surface area contributed by atoms with Crippen molar-refractivity contribution < 1.29 is 20.3 Å². The second-order valence-corrected chi connectivity index (χ2v) is 20.2. The quantitative estimate of drug-likeness (QED) is 0.286. The number of benzene rings is 4. The number of hydrogen-bond acceptors (Lipinski definition) is 0. The zero-order valence-electron chi connectivity index (χ0n) is 18.0. The first-order chi connectivity index (χ1) is 14.6. The molecule has 4 aromatic rings. The van der Waals surface area contributed by atoms with Crippen LogP contribution in [0, 0.1) is 0 Å². The van der Waals surface area contributed by atoms with Gasteiger partial charge in [-0.3, -0.25) is 0 Å². The van der Waals surface area contributed by atoms with E-state index in [-0.39, 0.29) is 0 Å². The Morgan fingerprint density at radius 1 is 0.700 bits per heavy atom.